The van der Waals surface area contributed by atoms with E-state index in [1.807, 2.05) is 6.92 Å². The van der Waals surface area contributed by atoms with Crippen LogP contribution in [0.5, 0.6) is 0 Å². The maximum atomic E-state index is 15.0. The Bertz CT molecular complexity index is 2220. The van der Waals surface area contributed by atoms with Crippen molar-refractivity contribution in [1.82, 2.24) is 24.4 Å². The Hall–Kier alpha value is -5.70. The molecule has 3 N–H and O–H groups in total. The summed E-state index contributed by atoms with van der Waals surface area (Å²) in [6.45, 7) is 2.01. The summed E-state index contributed by atoms with van der Waals surface area (Å²) in [6.07, 6.45) is 5.44. The van der Waals surface area contributed by atoms with Gasteiger partial charge in [0.1, 0.15) is 11.9 Å². The Labute approximate surface area is 267 Å². The van der Waals surface area contributed by atoms with Crippen LogP contribution in [0.2, 0.25) is 0 Å². The van der Waals surface area contributed by atoms with Crippen molar-refractivity contribution < 1.29 is 27.5 Å². The number of hydrogen-bond acceptors (Lipinski definition) is 8. The third-order valence-electron chi connectivity index (χ3n) is 7.40. The third kappa shape index (κ3) is 6.94. The van der Waals surface area contributed by atoms with Crippen molar-refractivity contribution in [1.29, 1.82) is 0 Å². The molecule has 0 fully saturated rings. The molecule has 0 aliphatic carbocycles. The van der Waals surface area contributed by atoms with Gasteiger partial charge in [-0.25, -0.2) is 27.0 Å². The summed E-state index contributed by atoms with van der Waals surface area (Å²) in [4.78, 5) is 58.9. The maximum absolute atomic E-state index is 15.0. The summed E-state index contributed by atoms with van der Waals surface area (Å²) in [5, 5.41) is 12.3. The molecule has 0 bridgehead atoms. The molecule has 2 aromatic carbocycles. The molecule has 0 unspecified atom stereocenters. The predicted molar refractivity (Wildman–Crippen MR) is 171 cm³/mol. The number of carbonyl (C=O) groups is 2. The molecule has 1 atom stereocenters. The van der Waals surface area contributed by atoms with Crippen LogP contribution >= 0.6 is 0 Å². The van der Waals surface area contributed by atoms with Gasteiger partial charge in [-0.15, -0.1) is 0 Å². The molecule has 5 aromatic rings. The predicted octanol–water partition coefficient (Wildman–Crippen LogP) is 2.80. The van der Waals surface area contributed by atoms with Gasteiger partial charge in [-0.3, -0.25) is 28.8 Å². The van der Waals surface area contributed by atoms with E-state index in [4.69, 9.17) is 0 Å². The fraction of sp³-hybridized carbons (Fsp3) is 0.188. The molecule has 0 radical (unpaired) electrons. The number of sulfonamides is 1. The van der Waals surface area contributed by atoms with Gasteiger partial charge in [0.2, 0.25) is 0 Å². The molecule has 13 nitrogen and oxygen atoms in total. The largest absolute Gasteiger partial charge is 0.480 e. The molecule has 0 aliphatic heterocycles. The lowest BCUT2D eigenvalue weighted by molar-refractivity contribution is -0.139. The van der Waals surface area contributed by atoms with Gasteiger partial charge in [-0.1, -0.05) is 25.5 Å². The van der Waals surface area contributed by atoms with E-state index in [9.17, 15) is 37.1 Å². The lowest BCUT2D eigenvalue weighted by Crippen LogP contribution is -2.42. The maximum Gasteiger partial charge on any atom is 0.335 e. The zero-order valence-corrected chi connectivity index (χ0v) is 26.0. The molecule has 3 heterocycles. The number of nitrogens with zero attached hydrogens (tertiary/aromatic N) is 4. The Balaban J connectivity index is 1.29. The van der Waals surface area contributed by atoms with Gasteiger partial charge in [-0.2, -0.15) is 0 Å². The summed E-state index contributed by atoms with van der Waals surface area (Å²) in [7, 11) is -2.55. The standard InChI is InChI=1S/C32H29FN6O7S/c1-3-4-19-5-10-23(11-6-19)47(45,46)37-21-8-12-24(26(33)15-21)29(40)36-27(31(42)43)16-20-7-9-22(17-35-20)39-30(41)25-13-14-34-18-28(25)38(2)32(39)44/h5-15,17-18,27,37H,3-4,16H2,1-2H3,(H,36,40)(H,42,43)/t27-/m0/s1. The van der Waals surface area contributed by atoms with Crippen molar-refractivity contribution >= 4 is 38.5 Å². The zero-order valence-electron chi connectivity index (χ0n) is 25.2. The number of fused-ring (bicyclic) bond motifs is 1. The van der Waals surface area contributed by atoms with E-state index in [2.05, 4.69) is 20.0 Å². The minimum absolute atomic E-state index is 0.0186. The minimum Gasteiger partial charge on any atom is -0.480 e. The molecule has 5 rings (SSSR count). The Morgan fingerprint density at radius 1 is 1.02 bits per heavy atom. The van der Waals surface area contributed by atoms with Crippen LogP contribution in [0.3, 0.4) is 0 Å². The average Bonchev–Trinajstić information content (AvgIpc) is 3.04. The lowest BCUT2D eigenvalue weighted by atomic mass is 10.1. The SMILES string of the molecule is CCCc1ccc(S(=O)(=O)Nc2ccc(C(=O)N[C@@H](Cc3ccc(-n4c(=O)c5ccncc5n(C)c4=O)cn3)C(=O)O)c(F)c2)cc1. The quantitative estimate of drug-likeness (QED) is 0.192. The third-order valence-corrected chi connectivity index (χ3v) is 8.79. The van der Waals surface area contributed by atoms with Crippen LogP contribution in [0.4, 0.5) is 10.1 Å². The van der Waals surface area contributed by atoms with Gasteiger partial charge in [0.25, 0.3) is 21.5 Å². The Kier molecular flexibility index (Phi) is 9.28. The topological polar surface area (TPSA) is 182 Å². The number of halogens is 1. The van der Waals surface area contributed by atoms with Crippen LogP contribution in [0.25, 0.3) is 16.6 Å². The van der Waals surface area contributed by atoms with E-state index in [0.29, 0.717) is 5.52 Å². The number of benzene rings is 2. The molecule has 0 saturated heterocycles. The summed E-state index contributed by atoms with van der Waals surface area (Å²) < 4.78 is 45.0. The molecule has 242 valence electrons. The molecular weight excluding hydrogens is 631 g/mol. The smallest absolute Gasteiger partial charge is 0.335 e. The van der Waals surface area contributed by atoms with Gasteiger partial charge >= 0.3 is 11.7 Å². The number of hydrogen-bond donors (Lipinski definition) is 3. The van der Waals surface area contributed by atoms with Gasteiger partial charge in [0.15, 0.2) is 0 Å². The fourth-order valence-electron chi connectivity index (χ4n) is 4.94. The minimum atomic E-state index is -4.04. The molecule has 0 saturated carbocycles. The number of aliphatic carboxylic acids is 1. The van der Waals surface area contributed by atoms with Gasteiger partial charge in [-0.05, 0) is 60.5 Å². The molecule has 47 heavy (non-hydrogen) atoms. The van der Waals surface area contributed by atoms with E-state index in [0.717, 1.165) is 35.1 Å². The summed E-state index contributed by atoms with van der Waals surface area (Å²) >= 11 is 0. The second-order valence-corrected chi connectivity index (χ2v) is 12.3. The Morgan fingerprint density at radius 2 is 1.77 bits per heavy atom. The van der Waals surface area contributed by atoms with Crippen molar-refractivity contribution in [3.63, 3.8) is 0 Å². The second kappa shape index (κ2) is 13.3. The van der Waals surface area contributed by atoms with Gasteiger partial charge in [0, 0.05) is 25.4 Å². The lowest BCUT2D eigenvalue weighted by Gasteiger charge is -2.16. The highest BCUT2D eigenvalue weighted by atomic mass is 32.2. The van der Waals surface area contributed by atoms with Crippen molar-refractivity contribution in [2.24, 2.45) is 7.05 Å². The van der Waals surface area contributed by atoms with E-state index < -0.39 is 50.6 Å². The number of pyridine rings is 2. The monoisotopic (exact) mass is 660 g/mol. The number of amides is 1. The molecule has 0 spiro atoms. The first-order valence-corrected chi connectivity index (χ1v) is 15.8. The number of aryl methyl sites for hydroxylation is 2. The van der Waals surface area contributed by atoms with Crippen molar-refractivity contribution in [2.75, 3.05) is 4.72 Å². The Morgan fingerprint density at radius 3 is 2.40 bits per heavy atom. The highest BCUT2D eigenvalue weighted by Gasteiger charge is 2.24. The van der Waals surface area contributed by atoms with Crippen molar-refractivity contribution in [3.05, 3.63) is 123 Å². The molecular formula is C32H29FN6O7S. The van der Waals surface area contributed by atoms with E-state index in [1.54, 1.807) is 12.1 Å². The van der Waals surface area contributed by atoms with Crippen LogP contribution in [-0.4, -0.2) is 50.5 Å². The van der Waals surface area contributed by atoms with Crippen molar-refractivity contribution in [2.45, 2.75) is 37.1 Å². The van der Waals surface area contributed by atoms with Crippen LogP contribution in [0.15, 0.2) is 93.7 Å². The molecule has 1 amide bonds. The van der Waals surface area contributed by atoms with Crippen LogP contribution in [-0.2, 0) is 34.7 Å². The first-order chi connectivity index (χ1) is 22.4. The first kappa shape index (κ1) is 32.7. The molecule has 15 heteroatoms. The molecule has 0 aliphatic rings. The van der Waals surface area contributed by atoms with E-state index >= 15 is 0 Å². The van der Waals surface area contributed by atoms with Crippen LogP contribution < -0.4 is 21.3 Å². The number of anilines is 1. The number of nitrogens with one attached hydrogen (secondary N) is 2. The van der Waals surface area contributed by atoms with Gasteiger partial charge < -0.3 is 10.4 Å². The molecule has 3 aromatic heterocycles. The first-order valence-electron chi connectivity index (χ1n) is 14.4. The fourth-order valence-corrected chi connectivity index (χ4v) is 5.99. The van der Waals surface area contributed by atoms with E-state index in [1.165, 1.54) is 66.6 Å². The number of carboxylic acids is 1. The zero-order chi connectivity index (χ0) is 33.9. The number of aromatic nitrogens is 4. The highest BCUT2D eigenvalue weighted by Crippen LogP contribution is 2.20. The number of carbonyl (C=O) groups excluding carboxylic acids is 1. The van der Waals surface area contributed by atoms with Crippen LogP contribution in [0, 0.1) is 5.82 Å². The highest BCUT2D eigenvalue weighted by molar-refractivity contribution is 7.92. The van der Waals surface area contributed by atoms with E-state index in [-0.39, 0.29) is 33.8 Å². The van der Waals surface area contributed by atoms with Crippen molar-refractivity contribution in [3.8, 4) is 5.69 Å². The summed E-state index contributed by atoms with van der Waals surface area (Å²) in [6, 6.07) is 12.1. The van der Waals surface area contributed by atoms with Gasteiger partial charge in [0.05, 0.1) is 45.1 Å². The number of rotatable bonds is 11. The second-order valence-electron chi connectivity index (χ2n) is 10.6. The summed E-state index contributed by atoms with van der Waals surface area (Å²) in [5.74, 6) is -3.55. The average molecular weight is 661 g/mol. The number of carboxylic acid groups (broad SMARTS) is 1. The normalized spacial score (nSPS) is 12.1. The summed E-state index contributed by atoms with van der Waals surface area (Å²) in [5.41, 5.74) is -0.196. The van der Waals surface area contributed by atoms with Crippen LogP contribution in [0.1, 0.15) is 35.0 Å².